The summed E-state index contributed by atoms with van der Waals surface area (Å²) in [6.45, 7) is 1.29. The molecule has 0 unspecified atom stereocenters. The average Bonchev–Trinajstić information content (AvgIpc) is 3.35. The second-order valence-corrected chi connectivity index (χ2v) is 7.70. The van der Waals surface area contributed by atoms with E-state index in [2.05, 4.69) is 4.89 Å². The molecule has 167 valence electrons. The fourth-order valence-corrected chi connectivity index (χ4v) is 3.69. The SMILES string of the molecule is CC(=O)OOc1cccc(-c2cccc(-c3nc(-c4ccccc4)c(-c4ccccc4)o3)c2)c1.[Na]. The van der Waals surface area contributed by atoms with Crippen molar-refractivity contribution in [2.75, 3.05) is 0 Å². The Hall–Kier alpha value is -3.64. The Balaban J connectivity index is 0.00000289. The van der Waals surface area contributed by atoms with E-state index in [0.29, 0.717) is 11.6 Å². The first kappa shape index (κ1) is 24.5. The van der Waals surface area contributed by atoms with Gasteiger partial charge in [0.2, 0.25) is 5.89 Å². The van der Waals surface area contributed by atoms with Crippen LogP contribution in [0.5, 0.6) is 5.75 Å². The molecule has 4 aromatic carbocycles. The molecule has 35 heavy (non-hydrogen) atoms. The van der Waals surface area contributed by atoms with Gasteiger partial charge in [-0.3, -0.25) is 9.78 Å². The Labute approximate surface area is 225 Å². The maximum absolute atomic E-state index is 11.0. The summed E-state index contributed by atoms with van der Waals surface area (Å²) in [5.41, 5.74) is 5.46. The van der Waals surface area contributed by atoms with Crippen LogP contribution in [0.2, 0.25) is 0 Å². The molecule has 6 heteroatoms. The van der Waals surface area contributed by atoms with Gasteiger partial charge in [-0.2, -0.15) is 0 Å². The van der Waals surface area contributed by atoms with Gasteiger partial charge in [0.15, 0.2) is 11.5 Å². The van der Waals surface area contributed by atoms with Gasteiger partial charge in [-0.15, -0.1) is 0 Å². The molecule has 0 N–H and O–H groups in total. The third-order valence-electron chi connectivity index (χ3n) is 5.24. The molecule has 0 saturated carbocycles. The first-order chi connectivity index (χ1) is 16.7. The zero-order chi connectivity index (χ0) is 23.3. The van der Waals surface area contributed by atoms with E-state index in [4.69, 9.17) is 14.3 Å². The maximum Gasteiger partial charge on any atom is 0.352 e. The monoisotopic (exact) mass is 470 g/mol. The van der Waals surface area contributed by atoms with E-state index >= 15 is 0 Å². The van der Waals surface area contributed by atoms with Gasteiger partial charge in [-0.25, -0.2) is 9.78 Å². The summed E-state index contributed by atoms with van der Waals surface area (Å²) >= 11 is 0. The summed E-state index contributed by atoms with van der Waals surface area (Å²) in [6, 6.07) is 35.3. The minimum Gasteiger partial charge on any atom is -0.435 e. The van der Waals surface area contributed by atoms with Gasteiger partial charge >= 0.3 is 5.97 Å². The summed E-state index contributed by atoms with van der Waals surface area (Å²) in [6.07, 6.45) is 0. The van der Waals surface area contributed by atoms with Crippen LogP contribution < -0.4 is 4.89 Å². The molecule has 0 amide bonds. The second kappa shape index (κ2) is 11.2. The summed E-state index contributed by atoms with van der Waals surface area (Å²) in [5, 5.41) is 0. The van der Waals surface area contributed by atoms with Crippen LogP contribution in [-0.4, -0.2) is 40.5 Å². The molecule has 5 rings (SSSR count). The minimum atomic E-state index is -0.514. The van der Waals surface area contributed by atoms with Gasteiger partial charge in [0, 0.05) is 53.2 Å². The van der Waals surface area contributed by atoms with Crippen molar-refractivity contribution in [1.82, 2.24) is 4.98 Å². The summed E-state index contributed by atoms with van der Waals surface area (Å²) in [4.78, 5) is 25.7. The first-order valence-corrected chi connectivity index (χ1v) is 10.8. The van der Waals surface area contributed by atoms with Crippen molar-refractivity contribution in [2.45, 2.75) is 6.92 Å². The number of oxazole rings is 1. The van der Waals surface area contributed by atoms with Crippen molar-refractivity contribution in [3.63, 3.8) is 0 Å². The number of nitrogens with zero attached hydrogens (tertiary/aromatic N) is 1. The Kier molecular flexibility index (Phi) is 7.83. The van der Waals surface area contributed by atoms with Gasteiger partial charge in [-0.05, 0) is 35.4 Å². The summed E-state index contributed by atoms with van der Waals surface area (Å²) in [5.74, 6) is 1.18. The average molecular weight is 470 g/mol. The molecule has 0 saturated heterocycles. The van der Waals surface area contributed by atoms with Crippen LogP contribution in [-0.2, 0) is 9.68 Å². The van der Waals surface area contributed by atoms with Crippen LogP contribution in [0.4, 0.5) is 0 Å². The molecule has 0 aliphatic heterocycles. The fourth-order valence-electron chi connectivity index (χ4n) is 3.69. The Morgan fingerprint density at radius 1 is 0.686 bits per heavy atom. The molecule has 1 heterocycles. The summed E-state index contributed by atoms with van der Waals surface area (Å²) < 4.78 is 6.33. The van der Waals surface area contributed by atoms with Gasteiger partial charge in [-0.1, -0.05) is 84.9 Å². The Bertz CT molecular complexity index is 1370. The van der Waals surface area contributed by atoms with Crippen LogP contribution >= 0.6 is 0 Å². The third-order valence-corrected chi connectivity index (χ3v) is 5.24. The Morgan fingerprint density at radius 3 is 1.94 bits per heavy atom. The standard InChI is InChI=1S/C29H21NO4.Na/c1-20(31)33-34-26-17-9-15-24(19-26)23-14-8-16-25(18-23)29-30-27(21-10-4-2-5-11-21)28(32-29)22-12-6-3-7-13-22;/h2-19H,1H3;. The minimum absolute atomic E-state index is 0. The molecule has 5 aromatic rings. The van der Waals surface area contributed by atoms with Crippen LogP contribution in [0.15, 0.2) is 114 Å². The molecule has 1 radical (unpaired) electrons. The van der Waals surface area contributed by atoms with Gasteiger partial charge < -0.3 is 4.42 Å². The van der Waals surface area contributed by atoms with Gasteiger partial charge in [0.25, 0.3) is 0 Å². The van der Waals surface area contributed by atoms with E-state index in [-0.39, 0.29) is 29.6 Å². The van der Waals surface area contributed by atoms with Gasteiger partial charge in [0.05, 0.1) is 0 Å². The molecule has 0 atom stereocenters. The summed E-state index contributed by atoms with van der Waals surface area (Å²) in [7, 11) is 0. The van der Waals surface area contributed by atoms with Crippen molar-refractivity contribution in [3.8, 4) is 50.9 Å². The molecule has 0 aliphatic carbocycles. The molecule has 0 fully saturated rings. The topological polar surface area (TPSA) is 61.6 Å². The third kappa shape index (κ3) is 5.72. The van der Waals surface area contributed by atoms with Crippen LogP contribution in [0.3, 0.4) is 0 Å². The number of carbonyl (C=O) groups is 1. The van der Waals surface area contributed by atoms with E-state index in [1.165, 1.54) is 6.92 Å². The molecule has 0 aliphatic rings. The number of benzene rings is 4. The van der Waals surface area contributed by atoms with E-state index in [0.717, 1.165) is 39.3 Å². The Morgan fingerprint density at radius 2 is 1.26 bits per heavy atom. The fraction of sp³-hybridized carbons (Fsp3) is 0.0345. The normalized spacial score (nSPS) is 10.3. The number of rotatable bonds is 6. The van der Waals surface area contributed by atoms with Crippen molar-refractivity contribution in [1.29, 1.82) is 0 Å². The van der Waals surface area contributed by atoms with E-state index in [9.17, 15) is 4.79 Å². The molecule has 0 bridgehead atoms. The van der Waals surface area contributed by atoms with Crippen LogP contribution in [0.25, 0.3) is 45.2 Å². The van der Waals surface area contributed by atoms with Crippen LogP contribution in [0, 0.1) is 0 Å². The predicted molar refractivity (Wildman–Crippen MR) is 136 cm³/mol. The smallest absolute Gasteiger partial charge is 0.352 e. The van der Waals surface area contributed by atoms with Crippen molar-refractivity contribution < 1.29 is 19.0 Å². The molecular weight excluding hydrogens is 449 g/mol. The van der Waals surface area contributed by atoms with Crippen molar-refractivity contribution in [3.05, 3.63) is 109 Å². The first-order valence-electron chi connectivity index (χ1n) is 10.8. The molecule has 0 spiro atoms. The van der Waals surface area contributed by atoms with Gasteiger partial charge in [0.1, 0.15) is 5.69 Å². The molecule has 1 aromatic heterocycles. The molecular formula is C29H21NNaO4. The number of hydrogen-bond donors (Lipinski definition) is 0. The second-order valence-electron chi connectivity index (χ2n) is 7.70. The maximum atomic E-state index is 11.0. The van der Waals surface area contributed by atoms with Crippen molar-refractivity contribution in [2.24, 2.45) is 0 Å². The van der Waals surface area contributed by atoms with Crippen LogP contribution in [0.1, 0.15) is 6.92 Å². The number of hydrogen-bond acceptors (Lipinski definition) is 5. The zero-order valence-electron chi connectivity index (χ0n) is 19.5. The largest absolute Gasteiger partial charge is 0.435 e. The quantitative estimate of drug-likeness (QED) is 0.155. The zero-order valence-corrected chi connectivity index (χ0v) is 21.5. The molecule has 5 nitrogen and oxygen atoms in total. The van der Waals surface area contributed by atoms with E-state index < -0.39 is 5.97 Å². The van der Waals surface area contributed by atoms with E-state index in [1.807, 2.05) is 103 Å². The van der Waals surface area contributed by atoms with Crippen molar-refractivity contribution >= 4 is 35.5 Å². The number of aromatic nitrogens is 1. The number of carbonyl (C=O) groups excluding carboxylic acids is 1. The van der Waals surface area contributed by atoms with E-state index in [1.54, 1.807) is 6.07 Å². The predicted octanol–water partition coefficient (Wildman–Crippen LogP) is 6.82.